The Morgan fingerprint density at radius 3 is 2.95 bits per heavy atom. The standard InChI is InChI=1S/C17H21FN2S/c1-11(19-3)17-14(18)5-4-6-15(17)20-9-7-16-13(12(20)2)8-10-21-16/h4-6,8,10-12,19H,7,9H2,1-3H3. The van der Waals surface area contributed by atoms with Gasteiger partial charge in [0, 0.05) is 28.7 Å². The maximum absolute atomic E-state index is 14.3. The van der Waals surface area contributed by atoms with E-state index < -0.39 is 0 Å². The Kier molecular flexibility index (Phi) is 4.00. The number of nitrogens with one attached hydrogen (secondary N) is 1. The largest absolute Gasteiger partial charge is 0.364 e. The molecule has 0 fully saturated rings. The summed E-state index contributed by atoms with van der Waals surface area (Å²) in [5, 5.41) is 5.33. The molecule has 1 aromatic carbocycles. The highest BCUT2D eigenvalue weighted by Gasteiger charge is 2.28. The van der Waals surface area contributed by atoms with Crippen LogP contribution in [0.4, 0.5) is 10.1 Å². The molecule has 0 bridgehead atoms. The van der Waals surface area contributed by atoms with E-state index >= 15 is 0 Å². The maximum atomic E-state index is 14.3. The summed E-state index contributed by atoms with van der Waals surface area (Å²) < 4.78 is 14.3. The Morgan fingerprint density at radius 1 is 1.38 bits per heavy atom. The smallest absolute Gasteiger partial charge is 0.130 e. The molecule has 112 valence electrons. The predicted molar refractivity (Wildman–Crippen MR) is 87.7 cm³/mol. The van der Waals surface area contributed by atoms with Crippen LogP contribution in [0.25, 0.3) is 0 Å². The number of hydrogen-bond acceptors (Lipinski definition) is 3. The summed E-state index contributed by atoms with van der Waals surface area (Å²) in [6.45, 7) is 5.16. The van der Waals surface area contributed by atoms with Gasteiger partial charge in [-0.25, -0.2) is 4.39 Å². The highest BCUT2D eigenvalue weighted by molar-refractivity contribution is 7.10. The molecule has 2 atom stereocenters. The third-order valence-corrected chi connectivity index (χ3v) is 5.48. The minimum Gasteiger partial charge on any atom is -0.364 e. The molecule has 1 aliphatic heterocycles. The number of thiophene rings is 1. The molecule has 2 aromatic rings. The molecule has 0 aliphatic carbocycles. The summed E-state index contributed by atoms with van der Waals surface area (Å²) in [7, 11) is 1.87. The molecule has 2 heterocycles. The summed E-state index contributed by atoms with van der Waals surface area (Å²) >= 11 is 1.83. The number of anilines is 1. The van der Waals surface area contributed by atoms with E-state index in [1.807, 2.05) is 37.4 Å². The number of rotatable bonds is 3. The number of halogens is 1. The zero-order valence-corrected chi connectivity index (χ0v) is 13.5. The van der Waals surface area contributed by atoms with Gasteiger partial charge in [0.2, 0.25) is 0 Å². The Hall–Kier alpha value is -1.39. The summed E-state index contributed by atoms with van der Waals surface area (Å²) in [6.07, 6.45) is 1.04. The normalized spacial score (nSPS) is 19.4. The van der Waals surface area contributed by atoms with Crippen LogP contribution in [0.15, 0.2) is 29.6 Å². The average Bonchev–Trinajstić information content (AvgIpc) is 2.96. The molecule has 0 amide bonds. The second-order valence-corrected chi connectivity index (χ2v) is 6.60. The van der Waals surface area contributed by atoms with Crippen molar-refractivity contribution in [3.05, 3.63) is 51.5 Å². The van der Waals surface area contributed by atoms with Crippen molar-refractivity contribution in [2.75, 3.05) is 18.5 Å². The van der Waals surface area contributed by atoms with E-state index in [9.17, 15) is 4.39 Å². The SMILES string of the molecule is CNC(C)c1c(F)cccc1N1CCc2sccc2C1C. The number of fused-ring (bicyclic) bond motifs is 1. The minimum absolute atomic E-state index is 0.00253. The molecule has 1 N–H and O–H groups in total. The lowest BCUT2D eigenvalue weighted by atomic mass is 9.97. The number of nitrogens with zero attached hydrogens (tertiary/aromatic N) is 1. The van der Waals surface area contributed by atoms with E-state index in [4.69, 9.17) is 0 Å². The first-order valence-electron chi connectivity index (χ1n) is 7.42. The lowest BCUT2D eigenvalue weighted by Gasteiger charge is -2.37. The first-order valence-corrected chi connectivity index (χ1v) is 8.30. The summed E-state index contributed by atoms with van der Waals surface area (Å²) in [5.41, 5.74) is 3.17. The topological polar surface area (TPSA) is 15.3 Å². The first-order chi connectivity index (χ1) is 10.1. The van der Waals surface area contributed by atoms with Crippen LogP contribution < -0.4 is 10.2 Å². The third-order valence-electron chi connectivity index (χ3n) is 4.48. The van der Waals surface area contributed by atoms with Crippen molar-refractivity contribution in [1.82, 2.24) is 5.32 Å². The molecule has 2 unspecified atom stereocenters. The van der Waals surface area contributed by atoms with Crippen LogP contribution >= 0.6 is 11.3 Å². The average molecular weight is 304 g/mol. The van der Waals surface area contributed by atoms with E-state index in [1.165, 1.54) is 10.4 Å². The van der Waals surface area contributed by atoms with Crippen molar-refractivity contribution in [2.45, 2.75) is 32.4 Å². The zero-order valence-electron chi connectivity index (χ0n) is 12.7. The quantitative estimate of drug-likeness (QED) is 0.910. The molecule has 0 saturated carbocycles. The van der Waals surface area contributed by atoms with Crippen molar-refractivity contribution in [1.29, 1.82) is 0 Å². The fourth-order valence-corrected chi connectivity index (χ4v) is 4.15. The van der Waals surface area contributed by atoms with E-state index in [1.54, 1.807) is 6.07 Å². The van der Waals surface area contributed by atoms with Crippen LogP contribution in [-0.4, -0.2) is 13.6 Å². The summed E-state index contributed by atoms with van der Waals surface area (Å²) in [5.74, 6) is -0.127. The second-order valence-electron chi connectivity index (χ2n) is 5.60. The van der Waals surface area contributed by atoms with Gasteiger partial charge in [-0.3, -0.25) is 0 Å². The van der Waals surface area contributed by atoms with Gasteiger partial charge in [-0.05, 0) is 56.5 Å². The molecule has 3 rings (SSSR count). The van der Waals surface area contributed by atoms with Crippen LogP contribution in [0.5, 0.6) is 0 Å². The fourth-order valence-electron chi connectivity index (χ4n) is 3.19. The van der Waals surface area contributed by atoms with Gasteiger partial charge in [0.05, 0.1) is 6.04 Å². The lowest BCUT2D eigenvalue weighted by Crippen LogP contribution is -2.34. The zero-order chi connectivity index (χ0) is 15.0. The molecule has 0 saturated heterocycles. The van der Waals surface area contributed by atoms with Crippen LogP contribution in [-0.2, 0) is 6.42 Å². The predicted octanol–water partition coefficient (Wildman–Crippen LogP) is 4.29. The van der Waals surface area contributed by atoms with Crippen molar-refractivity contribution >= 4 is 17.0 Å². The lowest BCUT2D eigenvalue weighted by molar-refractivity contribution is 0.551. The first kappa shape index (κ1) is 14.5. The van der Waals surface area contributed by atoms with Gasteiger partial charge in [0.1, 0.15) is 5.82 Å². The molecular weight excluding hydrogens is 283 g/mol. The minimum atomic E-state index is -0.127. The third kappa shape index (κ3) is 2.47. The molecular formula is C17H21FN2S. The molecule has 21 heavy (non-hydrogen) atoms. The highest BCUT2D eigenvalue weighted by Crippen LogP contribution is 2.39. The van der Waals surface area contributed by atoms with Gasteiger partial charge < -0.3 is 10.2 Å². The molecule has 2 nitrogen and oxygen atoms in total. The highest BCUT2D eigenvalue weighted by atomic mass is 32.1. The monoisotopic (exact) mass is 304 g/mol. The number of hydrogen-bond donors (Lipinski definition) is 1. The molecule has 1 aromatic heterocycles. The van der Waals surface area contributed by atoms with Crippen molar-refractivity contribution in [2.24, 2.45) is 0 Å². The van der Waals surface area contributed by atoms with E-state index in [0.29, 0.717) is 6.04 Å². The Morgan fingerprint density at radius 2 is 2.19 bits per heavy atom. The fraction of sp³-hybridized carbons (Fsp3) is 0.412. The summed E-state index contributed by atoms with van der Waals surface area (Å²) in [6, 6.07) is 7.91. The van der Waals surface area contributed by atoms with E-state index in [-0.39, 0.29) is 11.9 Å². The Labute approximate surface area is 129 Å². The van der Waals surface area contributed by atoms with Gasteiger partial charge in [0.15, 0.2) is 0 Å². The van der Waals surface area contributed by atoms with Crippen molar-refractivity contribution in [3.63, 3.8) is 0 Å². The Balaban J connectivity index is 2.04. The van der Waals surface area contributed by atoms with Gasteiger partial charge >= 0.3 is 0 Å². The maximum Gasteiger partial charge on any atom is 0.130 e. The van der Waals surface area contributed by atoms with Crippen LogP contribution in [0.3, 0.4) is 0 Å². The van der Waals surface area contributed by atoms with E-state index in [2.05, 4.69) is 28.6 Å². The van der Waals surface area contributed by atoms with Gasteiger partial charge in [-0.1, -0.05) is 6.07 Å². The molecule has 0 spiro atoms. The van der Waals surface area contributed by atoms with Crippen LogP contribution in [0.1, 0.15) is 41.9 Å². The summed E-state index contributed by atoms with van der Waals surface area (Å²) in [4.78, 5) is 3.81. The van der Waals surface area contributed by atoms with Gasteiger partial charge in [-0.2, -0.15) is 0 Å². The van der Waals surface area contributed by atoms with Crippen LogP contribution in [0, 0.1) is 5.82 Å². The van der Waals surface area contributed by atoms with Gasteiger partial charge in [0.25, 0.3) is 0 Å². The van der Waals surface area contributed by atoms with Crippen LogP contribution in [0.2, 0.25) is 0 Å². The second kappa shape index (κ2) is 5.78. The molecule has 4 heteroatoms. The van der Waals surface area contributed by atoms with E-state index in [0.717, 1.165) is 24.2 Å². The molecule has 0 radical (unpaired) electrons. The van der Waals surface area contributed by atoms with Gasteiger partial charge in [-0.15, -0.1) is 11.3 Å². The molecule has 1 aliphatic rings. The van der Waals surface area contributed by atoms with Crippen molar-refractivity contribution in [3.8, 4) is 0 Å². The number of benzene rings is 1. The Bertz CT molecular complexity index is 637. The van der Waals surface area contributed by atoms with Crippen molar-refractivity contribution < 1.29 is 4.39 Å².